The molecule has 5 heteroatoms. The van der Waals surface area contributed by atoms with E-state index in [1.807, 2.05) is 0 Å². The van der Waals surface area contributed by atoms with Crippen molar-refractivity contribution >= 4 is 23.0 Å². The van der Waals surface area contributed by atoms with Crippen molar-refractivity contribution < 1.29 is 0 Å². The number of nitrogens with two attached hydrogens (primary N) is 1. The number of fused-ring (bicyclic) bond motifs is 1. The molecule has 1 aromatic heterocycles. The predicted octanol–water partition coefficient (Wildman–Crippen LogP) is 2.35. The third-order valence-corrected chi connectivity index (χ3v) is 4.24. The van der Waals surface area contributed by atoms with E-state index in [9.17, 15) is 0 Å². The van der Waals surface area contributed by atoms with Crippen LogP contribution in [0.5, 0.6) is 0 Å². The lowest BCUT2D eigenvalue weighted by Gasteiger charge is -2.20. The first-order valence-electron chi connectivity index (χ1n) is 7.94. The molecule has 0 spiro atoms. The fourth-order valence-corrected chi connectivity index (χ4v) is 3.03. The van der Waals surface area contributed by atoms with Crippen LogP contribution in [0.4, 0.5) is 5.82 Å². The van der Waals surface area contributed by atoms with Crippen LogP contribution in [-0.2, 0) is 12.8 Å². The first kappa shape index (κ1) is 16.2. The zero-order valence-electron chi connectivity index (χ0n) is 13.1. The third kappa shape index (κ3) is 4.14. The summed E-state index contributed by atoms with van der Waals surface area (Å²) in [6.45, 7) is 8.51. The maximum absolute atomic E-state index is 5.86. The molecule has 0 unspecified atom stereocenters. The molecule has 4 nitrogen and oxygen atoms in total. The molecule has 116 valence electrons. The van der Waals surface area contributed by atoms with E-state index < -0.39 is 0 Å². The Balaban J connectivity index is 2.03. The third-order valence-electron chi connectivity index (χ3n) is 4.02. The molecule has 0 amide bonds. The van der Waals surface area contributed by atoms with Crippen LogP contribution < -0.4 is 11.1 Å². The van der Waals surface area contributed by atoms with Crippen LogP contribution in [0.1, 0.15) is 43.5 Å². The summed E-state index contributed by atoms with van der Waals surface area (Å²) in [7, 11) is 0. The number of nitrogens with one attached hydrogen (secondary N) is 1. The van der Waals surface area contributed by atoms with Crippen LogP contribution >= 0.6 is 12.2 Å². The Labute approximate surface area is 133 Å². The molecule has 0 fully saturated rings. The van der Waals surface area contributed by atoms with Gasteiger partial charge in [-0.05, 0) is 50.4 Å². The van der Waals surface area contributed by atoms with Crippen molar-refractivity contribution in [2.75, 3.05) is 31.5 Å². The summed E-state index contributed by atoms with van der Waals surface area (Å²) >= 11 is 5.17. The SMILES string of the molecule is CCCN(CC)CCNc1nc2c(cc1C(N)=S)CCC2. The lowest BCUT2D eigenvalue weighted by Crippen LogP contribution is -2.30. The van der Waals surface area contributed by atoms with E-state index in [0.717, 1.165) is 50.4 Å². The second-order valence-electron chi connectivity index (χ2n) is 5.57. The summed E-state index contributed by atoms with van der Waals surface area (Å²) in [6, 6.07) is 2.13. The summed E-state index contributed by atoms with van der Waals surface area (Å²) in [6.07, 6.45) is 4.53. The molecule has 2 rings (SSSR count). The summed E-state index contributed by atoms with van der Waals surface area (Å²) in [5.41, 5.74) is 9.26. The predicted molar refractivity (Wildman–Crippen MR) is 93.0 cm³/mol. The van der Waals surface area contributed by atoms with E-state index in [2.05, 4.69) is 30.1 Å². The molecule has 0 saturated carbocycles. The van der Waals surface area contributed by atoms with Gasteiger partial charge in [0.25, 0.3) is 0 Å². The molecule has 1 aliphatic rings. The van der Waals surface area contributed by atoms with Crippen molar-refractivity contribution in [2.45, 2.75) is 39.5 Å². The second kappa shape index (κ2) is 7.71. The summed E-state index contributed by atoms with van der Waals surface area (Å²) in [5, 5.41) is 3.43. The number of aromatic nitrogens is 1. The summed E-state index contributed by atoms with van der Waals surface area (Å²) in [5.74, 6) is 0.857. The van der Waals surface area contributed by atoms with Gasteiger partial charge in [0.1, 0.15) is 10.8 Å². The van der Waals surface area contributed by atoms with Crippen LogP contribution in [0.2, 0.25) is 0 Å². The fourth-order valence-electron chi connectivity index (χ4n) is 2.87. The molecule has 0 aliphatic heterocycles. The minimum absolute atomic E-state index is 0.431. The van der Waals surface area contributed by atoms with Gasteiger partial charge in [-0.2, -0.15) is 0 Å². The number of hydrogen-bond acceptors (Lipinski definition) is 4. The highest BCUT2D eigenvalue weighted by molar-refractivity contribution is 7.80. The van der Waals surface area contributed by atoms with Gasteiger partial charge >= 0.3 is 0 Å². The minimum Gasteiger partial charge on any atom is -0.389 e. The summed E-state index contributed by atoms with van der Waals surface area (Å²) in [4.78, 5) is 7.61. The van der Waals surface area contributed by atoms with Crippen LogP contribution in [0.3, 0.4) is 0 Å². The second-order valence-corrected chi connectivity index (χ2v) is 6.01. The Morgan fingerprint density at radius 3 is 2.86 bits per heavy atom. The van der Waals surface area contributed by atoms with Gasteiger partial charge in [0.15, 0.2) is 0 Å². The quantitative estimate of drug-likeness (QED) is 0.722. The van der Waals surface area contributed by atoms with Crippen molar-refractivity contribution in [3.8, 4) is 0 Å². The Bertz CT molecular complexity index is 501. The van der Waals surface area contributed by atoms with Gasteiger partial charge < -0.3 is 16.0 Å². The highest BCUT2D eigenvalue weighted by Gasteiger charge is 2.17. The largest absolute Gasteiger partial charge is 0.389 e. The molecule has 0 saturated heterocycles. The summed E-state index contributed by atoms with van der Waals surface area (Å²) < 4.78 is 0. The lowest BCUT2D eigenvalue weighted by atomic mass is 10.1. The van der Waals surface area contributed by atoms with Gasteiger partial charge in [-0.15, -0.1) is 0 Å². The average Bonchev–Trinajstić information content (AvgIpc) is 2.92. The van der Waals surface area contributed by atoms with E-state index in [1.54, 1.807) is 0 Å². The maximum atomic E-state index is 5.86. The van der Waals surface area contributed by atoms with E-state index >= 15 is 0 Å². The van der Waals surface area contributed by atoms with E-state index in [-0.39, 0.29) is 0 Å². The van der Waals surface area contributed by atoms with Crippen molar-refractivity contribution in [3.05, 3.63) is 22.9 Å². The fraction of sp³-hybridized carbons (Fsp3) is 0.625. The van der Waals surface area contributed by atoms with Crippen LogP contribution in [-0.4, -0.2) is 41.1 Å². The number of hydrogen-bond donors (Lipinski definition) is 2. The molecule has 0 atom stereocenters. The van der Waals surface area contributed by atoms with Crippen LogP contribution in [0.25, 0.3) is 0 Å². The highest BCUT2D eigenvalue weighted by Crippen LogP contribution is 2.25. The Hall–Kier alpha value is -1.20. The molecule has 3 N–H and O–H groups in total. The number of aryl methyl sites for hydroxylation is 2. The Kier molecular flexibility index (Phi) is 5.94. The zero-order valence-corrected chi connectivity index (χ0v) is 13.9. The van der Waals surface area contributed by atoms with Gasteiger partial charge in [-0.3, -0.25) is 0 Å². The lowest BCUT2D eigenvalue weighted by molar-refractivity contribution is 0.300. The standard InChI is InChI=1S/C16H26N4S/c1-3-9-20(4-2)10-8-18-16-13(15(17)21)11-12-6-5-7-14(12)19-16/h11H,3-10H2,1-2H3,(H2,17,21)(H,18,19). The smallest absolute Gasteiger partial charge is 0.136 e. The Morgan fingerprint density at radius 1 is 1.38 bits per heavy atom. The molecular weight excluding hydrogens is 280 g/mol. The van der Waals surface area contributed by atoms with Gasteiger partial charge in [0.05, 0.1) is 5.56 Å². The molecule has 1 aliphatic carbocycles. The zero-order chi connectivity index (χ0) is 15.2. The van der Waals surface area contributed by atoms with E-state index in [4.69, 9.17) is 22.9 Å². The average molecular weight is 306 g/mol. The first-order valence-corrected chi connectivity index (χ1v) is 8.35. The number of thiocarbonyl (C=S) groups is 1. The molecule has 21 heavy (non-hydrogen) atoms. The number of pyridine rings is 1. The molecule has 0 aromatic carbocycles. The topological polar surface area (TPSA) is 54.2 Å². The normalized spacial score (nSPS) is 13.5. The van der Waals surface area contributed by atoms with Crippen molar-refractivity contribution in [2.24, 2.45) is 5.73 Å². The molecule has 0 bridgehead atoms. The molecule has 1 heterocycles. The van der Waals surface area contributed by atoms with Gasteiger partial charge in [0.2, 0.25) is 0 Å². The van der Waals surface area contributed by atoms with Crippen molar-refractivity contribution in [1.29, 1.82) is 0 Å². The highest BCUT2D eigenvalue weighted by atomic mass is 32.1. The van der Waals surface area contributed by atoms with E-state index in [1.165, 1.54) is 24.1 Å². The minimum atomic E-state index is 0.431. The molecule has 1 aromatic rings. The number of nitrogens with zero attached hydrogens (tertiary/aromatic N) is 2. The maximum Gasteiger partial charge on any atom is 0.136 e. The van der Waals surface area contributed by atoms with Crippen molar-refractivity contribution in [3.63, 3.8) is 0 Å². The molecular formula is C16H26N4S. The van der Waals surface area contributed by atoms with Gasteiger partial charge in [0, 0.05) is 18.8 Å². The number of anilines is 1. The number of likely N-dealkylation sites (N-methyl/N-ethyl adjacent to an activating group) is 1. The van der Waals surface area contributed by atoms with Gasteiger partial charge in [-0.25, -0.2) is 4.98 Å². The van der Waals surface area contributed by atoms with Crippen LogP contribution in [0, 0.1) is 0 Å². The first-order chi connectivity index (χ1) is 10.2. The monoisotopic (exact) mass is 306 g/mol. The molecule has 0 radical (unpaired) electrons. The van der Waals surface area contributed by atoms with Gasteiger partial charge in [-0.1, -0.05) is 26.1 Å². The van der Waals surface area contributed by atoms with Crippen LogP contribution in [0.15, 0.2) is 6.07 Å². The van der Waals surface area contributed by atoms with E-state index in [0.29, 0.717) is 4.99 Å². The Morgan fingerprint density at radius 2 is 2.19 bits per heavy atom. The van der Waals surface area contributed by atoms with Crippen molar-refractivity contribution in [1.82, 2.24) is 9.88 Å². The number of rotatable bonds is 8.